The predicted molar refractivity (Wildman–Crippen MR) is 76.7 cm³/mol. The van der Waals surface area contributed by atoms with Gasteiger partial charge >= 0.3 is 6.03 Å². The van der Waals surface area contributed by atoms with E-state index in [-0.39, 0.29) is 31.0 Å². The van der Waals surface area contributed by atoms with Crippen LogP contribution in [0.3, 0.4) is 0 Å². The Hall–Kier alpha value is -1.82. The standard InChI is InChI=1S/C15H21FN2O3/c1-11(21-13-6-3-2-5-12(13)16)9-17-14(19)18-10-15(20)7-4-8-15/h2-3,5-6,11,20H,4,7-10H2,1H3,(H2,17,18,19). The van der Waals surface area contributed by atoms with E-state index in [2.05, 4.69) is 10.6 Å². The number of nitrogens with one attached hydrogen (secondary N) is 2. The van der Waals surface area contributed by atoms with Crippen LogP contribution in [-0.2, 0) is 0 Å². The zero-order valence-corrected chi connectivity index (χ0v) is 12.1. The molecule has 2 amide bonds. The number of aliphatic hydroxyl groups is 1. The maximum atomic E-state index is 13.4. The second kappa shape index (κ2) is 6.76. The van der Waals surface area contributed by atoms with Crippen molar-refractivity contribution in [3.05, 3.63) is 30.1 Å². The van der Waals surface area contributed by atoms with Crippen LogP contribution in [0.15, 0.2) is 24.3 Å². The van der Waals surface area contributed by atoms with Gasteiger partial charge in [0.05, 0.1) is 12.1 Å². The van der Waals surface area contributed by atoms with Crippen LogP contribution in [0.5, 0.6) is 5.75 Å². The molecule has 1 aliphatic carbocycles. The number of hydrogen-bond acceptors (Lipinski definition) is 3. The van der Waals surface area contributed by atoms with Gasteiger partial charge in [-0.25, -0.2) is 9.18 Å². The molecule has 1 aromatic rings. The maximum absolute atomic E-state index is 13.4. The van der Waals surface area contributed by atoms with Crippen molar-refractivity contribution >= 4 is 6.03 Å². The molecule has 1 aliphatic rings. The molecule has 1 unspecified atom stereocenters. The summed E-state index contributed by atoms with van der Waals surface area (Å²) in [6.45, 7) is 2.24. The number of carbonyl (C=O) groups excluding carboxylic acids is 1. The third-order valence-corrected chi connectivity index (χ3v) is 3.58. The van der Waals surface area contributed by atoms with E-state index in [4.69, 9.17) is 4.74 Å². The highest BCUT2D eigenvalue weighted by atomic mass is 19.1. The first-order valence-corrected chi connectivity index (χ1v) is 7.14. The van der Waals surface area contributed by atoms with Crippen LogP contribution in [0, 0.1) is 5.82 Å². The molecule has 0 saturated heterocycles. The lowest BCUT2D eigenvalue weighted by atomic mass is 9.80. The Balaban J connectivity index is 1.67. The third kappa shape index (κ3) is 4.60. The van der Waals surface area contributed by atoms with Gasteiger partial charge in [0.2, 0.25) is 0 Å². The zero-order valence-electron chi connectivity index (χ0n) is 12.1. The van der Waals surface area contributed by atoms with E-state index < -0.39 is 11.4 Å². The van der Waals surface area contributed by atoms with Gasteiger partial charge in [-0.2, -0.15) is 0 Å². The molecule has 0 bridgehead atoms. The van der Waals surface area contributed by atoms with E-state index in [1.807, 2.05) is 0 Å². The van der Waals surface area contributed by atoms with Crippen LogP contribution in [0.2, 0.25) is 0 Å². The molecule has 1 saturated carbocycles. The highest BCUT2D eigenvalue weighted by molar-refractivity contribution is 5.73. The van der Waals surface area contributed by atoms with Gasteiger partial charge in [-0.1, -0.05) is 12.1 Å². The summed E-state index contributed by atoms with van der Waals surface area (Å²) in [6.07, 6.45) is 2.08. The summed E-state index contributed by atoms with van der Waals surface area (Å²) >= 11 is 0. The molecule has 5 nitrogen and oxygen atoms in total. The van der Waals surface area contributed by atoms with Crippen LogP contribution in [0.25, 0.3) is 0 Å². The van der Waals surface area contributed by atoms with Gasteiger partial charge in [-0.15, -0.1) is 0 Å². The normalized spacial score (nSPS) is 17.5. The molecule has 0 heterocycles. The Morgan fingerprint density at radius 3 is 2.76 bits per heavy atom. The van der Waals surface area contributed by atoms with E-state index in [1.54, 1.807) is 19.1 Å². The maximum Gasteiger partial charge on any atom is 0.315 e. The summed E-state index contributed by atoms with van der Waals surface area (Å²) in [7, 11) is 0. The quantitative estimate of drug-likeness (QED) is 0.750. The van der Waals surface area contributed by atoms with E-state index in [0.717, 1.165) is 19.3 Å². The lowest BCUT2D eigenvalue weighted by Gasteiger charge is -2.36. The molecule has 0 spiro atoms. The number of ether oxygens (including phenoxy) is 1. The fraction of sp³-hybridized carbons (Fsp3) is 0.533. The molecule has 3 N–H and O–H groups in total. The first-order valence-electron chi connectivity index (χ1n) is 7.14. The highest BCUT2D eigenvalue weighted by Gasteiger charge is 2.34. The molecular weight excluding hydrogens is 275 g/mol. The molecule has 1 atom stereocenters. The van der Waals surface area contributed by atoms with E-state index >= 15 is 0 Å². The summed E-state index contributed by atoms with van der Waals surface area (Å²) in [6, 6.07) is 5.77. The van der Waals surface area contributed by atoms with Gasteiger partial charge in [0.1, 0.15) is 6.10 Å². The summed E-state index contributed by atoms with van der Waals surface area (Å²) in [4.78, 5) is 11.6. The second-order valence-electron chi connectivity index (χ2n) is 5.50. The number of halogens is 1. The van der Waals surface area contributed by atoms with Crippen molar-refractivity contribution in [2.75, 3.05) is 13.1 Å². The molecular formula is C15H21FN2O3. The summed E-state index contributed by atoms with van der Waals surface area (Å²) in [5, 5.41) is 15.1. The van der Waals surface area contributed by atoms with Crippen LogP contribution < -0.4 is 15.4 Å². The Bertz CT molecular complexity index is 492. The lowest BCUT2D eigenvalue weighted by molar-refractivity contribution is -0.0290. The topological polar surface area (TPSA) is 70.6 Å². The van der Waals surface area contributed by atoms with Crippen LogP contribution in [-0.4, -0.2) is 35.9 Å². The Kier molecular flexibility index (Phi) is 5.01. The van der Waals surface area contributed by atoms with Gasteiger partial charge in [-0.3, -0.25) is 0 Å². The molecule has 0 aromatic heterocycles. The van der Waals surface area contributed by atoms with Crippen molar-refractivity contribution in [1.29, 1.82) is 0 Å². The first-order chi connectivity index (χ1) is 9.98. The number of rotatable bonds is 6. The molecule has 2 rings (SSSR count). The Labute approximate surface area is 123 Å². The van der Waals surface area contributed by atoms with Crippen molar-refractivity contribution in [1.82, 2.24) is 10.6 Å². The van der Waals surface area contributed by atoms with E-state index in [0.29, 0.717) is 0 Å². The minimum Gasteiger partial charge on any atom is -0.486 e. The number of benzene rings is 1. The first kappa shape index (κ1) is 15.6. The van der Waals surface area contributed by atoms with Crippen molar-refractivity contribution in [2.45, 2.75) is 37.9 Å². The monoisotopic (exact) mass is 296 g/mol. The molecule has 1 fully saturated rings. The number of urea groups is 1. The third-order valence-electron chi connectivity index (χ3n) is 3.58. The van der Waals surface area contributed by atoms with Gasteiger partial charge in [0.15, 0.2) is 11.6 Å². The lowest BCUT2D eigenvalue weighted by Crippen LogP contribution is -2.50. The van der Waals surface area contributed by atoms with Crippen LogP contribution in [0.4, 0.5) is 9.18 Å². The van der Waals surface area contributed by atoms with Crippen molar-refractivity contribution in [3.63, 3.8) is 0 Å². The fourth-order valence-corrected chi connectivity index (χ4v) is 2.10. The van der Waals surface area contributed by atoms with Gasteiger partial charge in [-0.05, 0) is 38.3 Å². The van der Waals surface area contributed by atoms with Crippen LogP contribution >= 0.6 is 0 Å². The smallest absolute Gasteiger partial charge is 0.315 e. The molecule has 21 heavy (non-hydrogen) atoms. The largest absolute Gasteiger partial charge is 0.486 e. The minimum atomic E-state index is -0.743. The van der Waals surface area contributed by atoms with Gasteiger partial charge in [0, 0.05) is 6.54 Å². The Morgan fingerprint density at radius 1 is 1.43 bits per heavy atom. The number of carbonyl (C=O) groups is 1. The summed E-state index contributed by atoms with van der Waals surface area (Å²) < 4.78 is 18.8. The SMILES string of the molecule is CC(CNC(=O)NCC1(O)CCC1)Oc1ccccc1F. The van der Waals surface area contributed by atoms with Crippen molar-refractivity contribution < 1.29 is 19.0 Å². The molecule has 6 heteroatoms. The van der Waals surface area contributed by atoms with E-state index in [9.17, 15) is 14.3 Å². The highest BCUT2D eigenvalue weighted by Crippen LogP contribution is 2.30. The summed E-state index contributed by atoms with van der Waals surface area (Å²) in [5.74, 6) is -0.267. The molecule has 0 radical (unpaired) electrons. The minimum absolute atomic E-state index is 0.163. The summed E-state index contributed by atoms with van der Waals surface area (Å²) in [5.41, 5.74) is -0.743. The van der Waals surface area contributed by atoms with Crippen molar-refractivity contribution in [2.24, 2.45) is 0 Å². The van der Waals surface area contributed by atoms with Crippen LogP contribution in [0.1, 0.15) is 26.2 Å². The average molecular weight is 296 g/mol. The van der Waals surface area contributed by atoms with Gasteiger partial charge in [0.25, 0.3) is 0 Å². The average Bonchev–Trinajstić information content (AvgIpc) is 2.43. The molecule has 0 aliphatic heterocycles. The predicted octanol–water partition coefficient (Wildman–Crippen LogP) is 1.81. The van der Waals surface area contributed by atoms with Crippen molar-refractivity contribution in [3.8, 4) is 5.75 Å². The number of amides is 2. The molecule has 1 aromatic carbocycles. The second-order valence-corrected chi connectivity index (χ2v) is 5.50. The van der Waals surface area contributed by atoms with E-state index in [1.165, 1.54) is 12.1 Å². The Morgan fingerprint density at radius 2 is 2.14 bits per heavy atom. The zero-order chi connectivity index (χ0) is 15.3. The molecule has 116 valence electrons. The number of hydrogen-bond donors (Lipinski definition) is 3. The number of para-hydroxylation sites is 1. The van der Waals surface area contributed by atoms with Gasteiger partial charge < -0.3 is 20.5 Å². The fourth-order valence-electron chi connectivity index (χ4n) is 2.10.